The van der Waals surface area contributed by atoms with Crippen molar-refractivity contribution in [2.75, 3.05) is 39.4 Å². The summed E-state index contributed by atoms with van der Waals surface area (Å²) in [7, 11) is -3.43. The Morgan fingerprint density at radius 3 is 2.68 bits per heavy atom. The number of morpholine rings is 1. The van der Waals surface area contributed by atoms with Gasteiger partial charge in [-0.25, -0.2) is 13.1 Å². The summed E-state index contributed by atoms with van der Waals surface area (Å²) in [4.78, 5) is 13.8. The Kier molecular flexibility index (Phi) is 4.77. The smallest absolute Gasteiger partial charge is 0.240 e. The first kappa shape index (κ1) is 14.7. The number of hydrogen-bond donors (Lipinski definition) is 2. The lowest BCUT2D eigenvalue weighted by Crippen LogP contribution is -2.52. The second-order valence-electron chi connectivity index (χ2n) is 4.94. The largest absolute Gasteiger partial charge is 0.378 e. The van der Waals surface area contributed by atoms with Gasteiger partial charge in [-0.05, 0) is 19.9 Å². The summed E-state index contributed by atoms with van der Waals surface area (Å²) in [6, 6.07) is -0.719. The van der Waals surface area contributed by atoms with Gasteiger partial charge < -0.3 is 15.0 Å². The van der Waals surface area contributed by atoms with Crippen LogP contribution in [0, 0.1) is 0 Å². The zero-order valence-electron chi connectivity index (χ0n) is 11.1. The minimum absolute atomic E-state index is 0.183. The highest BCUT2D eigenvalue weighted by molar-refractivity contribution is 7.90. The molecule has 2 heterocycles. The molecule has 0 bridgehead atoms. The number of hydrogen-bond acceptors (Lipinski definition) is 5. The Morgan fingerprint density at radius 1 is 1.42 bits per heavy atom. The second-order valence-corrected chi connectivity index (χ2v) is 6.93. The molecular formula is C11H21N3O4S. The predicted molar refractivity (Wildman–Crippen MR) is 70.2 cm³/mol. The molecule has 0 saturated carbocycles. The van der Waals surface area contributed by atoms with Crippen LogP contribution in [0.2, 0.25) is 0 Å². The molecule has 0 aromatic heterocycles. The van der Waals surface area contributed by atoms with E-state index < -0.39 is 21.3 Å². The van der Waals surface area contributed by atoms with Crippen molar-refractivity contribution in [2.24, 2.45) is 0 Å². The Hall–Kier alpha value is -0.700. The minimum Gasteiger partial charge on any atom is -0.378 e. The normalized spacial score (nSPS) is 26.4. The van der Waals surface area contributed by atoms with Crippen molar-refractivity contribution < 1.29 is 17.9 Å². The molecule has 2 aliphatic rings. The van der Waals surface area contributed by atoms with Crippen LogP contribution in [0.25, 0.3) is 0 Å². The van der Waals surface area contributed by atoms with E-state index in [9.17, 15) is 13.2 Å². The van der Waals surface area contributed by atoms with E-state index >= 15 is 0 Å². The van der Waals surface area contributed by atoms with Crippen molar-refractivity contribution in [2.45, 2.75) is 24.6 Å². The maximum Gasteiger partial charge on any atom is 0.240 e. The summed E-state index contributed by atoms with van der Waals surface area (Å²) in [5, 5.41) is 2.58. The second kappa shape index (κ2) is 6.17. The Labute approximate surface area is 113 Å². The van der Waals surface area contributed by atoms with Crippen LogP contribution in [0.5, 0.6) is 0 Å². The molecule has 1 amide bonds. The highest BCUT2D eigenvalue weighted by Gasteiger charge is 2.32. The number of carbonyl (C=O) groups excluding carboxylic acids is 1. The van der Waals surface area contributed by atoms with Crippen molar-refractivity contribution in [3.8, 4) is 0 Å². The van der Waals surface area contributed by atoms with Gasteiger partial charge in [0.05, 0.1) is 24.5 Å². The molecule has 7 nitrogen and oxygen atoms in total. The topological polar surface area (TPSA) is 87.7 Å². The van der Waals surface area contributed by atoms with Crippen LogP contribution >= 0.6 is 0 Å². The third kappa shape index (κ3) is 3.65. The van der Waals surface area contributed by atoms with E-state index in [1.807, 2.05) is 0 Å². The average Bonchev–Trinajstić information content (AvgIpc) is 2.93. The first-order valence-corrected chi connectivity index (χ1v) is 8.14. The number of nitrogens with one attached hydrogen (secondary N) is 2. The van der Waals surface area contributed by atoms with Crippen LogP contribution in [0.15, 0.2) is 0 Å². The predicted octanol–water partition coefficient (Wildman–Crippen LogP) is -1.48. The first-order valence-electron chi connectivity index (χ1n) is 6.59. The fourth-order valence-corrected chi connectivity index (χ4v) is 3.90. The summed E-state index contributed by atoms with van der Waals surface area (Å²) in [5.41, 5.74) is 0. The fraction of sp³-hybridized carbons (Fsp3) is 0.909. The minimum atomic E-state index is -3.43. The van der Waals surface area contributed by atoms with E-state index in [2.05, 4.69) is 10.0 Å². The molecule has 2 aliphatic heterocycles. The van der Waals surface area contributed by atoms with Crippen LogP contribution in [-0.2, 0) is 19.6 Å². The summed E-state index contributed by atoms with van der Waals surface area (Å²) in [6.07, 6.45) is 0.591. The van der Waals surface area contributed by atoms with Crippen LogP contribution < -0.4 is 10.0 Å². The van der Waals surface area contributed by atoms with Gasteiger partial charge in [0.1, 0.15) is 0 Å². The lowest BCUT2D eigenvalue weighted by atomic mass is 10.3. The molecule has 0 spiro atoms. The average molecular weight is 291 g/mol. The van der Waals surface area contributed by atoms with E-state index in [0.29, 0.717) is 45.8 Å². The van der Waals surface area contributed by atoms with Gasteiger partial charge in [0.15, 0.2) is 0 Å². The van der Waals surface area contributed by atoms with Gasteiger partial charge >= 0.3 is 0 Å². The molecule has 8 heteroatoms. The number of nitrogens with zero attached hydrogens (tertiary/aromatic N) is 1. The van der Waals surface area contributed by atoms with Crippen molar-refractivity contribution in [3.05, 3.63) is 0 Å². The van der Waals surface area contributed by atoms with Crippen LogP contribution in [0.4, 0.5) is 0 Å². The van der Waals surface area contributed by atoms with Gasteiger partial charge in [-0.3, -0.25) is 4.79 Å². The number of ether oxygens (including phenoxy) is 1. The van der Waals surface area contributed by atoms with Gasteiger partial charge in [-0.15, -0.1) is 0 Å². The van der Waals surface area contributed by atoms with Gasteiger partial charge in [0, 0.05) is 19.6 Å². The fourth-order valence-electron chi connectivity index (χ4n) is 2.34. The number of sulfonamides is 1. The molecule has 19 heavy (non-hydrogen) atoms. The molecule has 2 fully saturated rings. The molecule has 110 valence electrons. The van der Waals surface area contributed by atoms with Crippen molar-refractivity contribution in [1.29, 1.82) is 0 Å². The van der Waals surface area contributed by atoms with Crippen molar-refractivity contribution in [1.82, 2.24) is 14.9 Å². The highest BCUT2D eigenvalue weighted by atomic mass is 32.2. The van der Waals surface area contributed by atoms with Crippen LogP contribution in [-0.4, -0.2) is 69.9 Å². The molecule has 0 radical (unpaired) electrons. The third-order valence-electron chi connectivity index (χ3n) is 3.49. The summed E-state index contributed by atoms with van der Waals surface area (Å²) < 4.78 is 31.8. The van der Waals surface area contributed by atoms with Crippen LogP contribution in [0.3, 0.4) is 0 Å². The molecule has 2 N–H and O–H groups in total. The molecule has 0 aliphatic carbocycles. The number of rotatable bonds is 4. The Balaban J connectivity index is 1.92. The van der Waals surface area contributed by atoms with E-state index in [-0.39, 0.29) is 5.91 Å². The van der Waals surface area contributed by atoms with E-state index in [0.717, 1.165) is 0 Å². The van der Waals surface area contributed by atoms with Gasteiger partial charge in [0.25, 0.3) is 0 Å². The number of carbonyl (C=O) groups is 1. The van der Waals surface area contributed by atoms with E-state index in [1.54, 1.807) is 11.8 Å². The molecular weight excluding hydrogens is 270 g/mol. The van der Waals surface area contributed by atoms with Gasteiger partial charge in [-0.2, -0.15) is 0 Å². The SMILES string of the molecule is CC(NS(=O)(=O)C1CCNC1)C(=O)N1CCOCC1. The monoisotopic (exact) mass is 291 g/mol. The molecule has 2 atom stereocenters. The maximum atomic E-state index is 12.1. The quantitative estimate of drug-likeness (QED) is 0.659. The molecule has 2 rings (SSSR count). The van der Waals surface area contributed by atoms with Crippen LogP contribution in [0.1, 0.15) is 13.3 Å². The summed E-state index contributed by atoms with van der Waals surface area (Å²) in [5.74, 6) is -0.183. The van der Waals surface area contributed by atoms with Gasteiger partial charge in [-0.1, -0.05) is 0 Å². The Bertz CT molecular complexity index is 414. The van der Waals surface area contributed by atoms with E-state index in [4.69, 9.17) is 4.74 Å². The van der Waals surface area contributed by atoms with Crippen molar-refractivity contribution >= 4 is 15.9 Å². The maximum absolute atomic E-state index is 12.1. The molecule has 0 aromatic rings. The first-order chi connectivity index (χ1) is 9.00. The van der Waals surface area contributed by atoms with Crippen molar-refractivity contribution in [3.63, 3.8) is 0 Å². The highest BCUT2D eigenvalue weighted by Crippen LogP contribution is 2.10. The zero-order valence-corrected chi connectivity index (χ0v) is 11.9. The number of amides is 1. The summed E-state index contributed by atoms with van der Waals surface area (Å²) >= 11 is 0. The summed E-state index contributed by atoms with van der Waals surface area (Å²) in [6.45, 7) is 4.82. The lowest BCUT2D eigenvalue weighted by molar-refractivity contribution is -0.136. The Morgan fingerprint density at radius 2 is 2.11 bits per heavy atom. The zero-order chi connectivity index (χ0) is 13.9. The molecule has 0 aromatic carbocycles. The standard InChI is InChI=1S/C11H21N3O4S/c1-9(11(15)14-4-6-18-7-5-14)13-19(16,17)10-2-3-12-8-10/h9-10,12-13H,2-8H2,1H3. The molecule has 2 saturated heterocycles. The van der Waals surface area contributed by atoms with E-state index in [1.165, 1.54) is 0 Å². The third-order valence-corrected chi connectivity index (χ3v) is 5.45. The lowest BCUT2D eigenvalue weighted by Gasteiger charge is -2.29. The van der Waals surface area contributed by atoms with Gasteiger partial charge in [0.2, 0.25) is 15.9 Å². The molecule has 2 unspecified atom stereocenters.